The maximum Gasteiger partial charge on any atom is 0.407 e. The molecule has 0 aromatic carbocycles. The second kappa shape index (κ2) is 15.1. The predicted octanol–water partition coefficient (Wildman–Crippen LogP) is 6.38. The molecule has 0 spiro atoms. The fourth-order valence-corrected chi connectivity index (χ4v) is 4.88. The fourth-order valence-electron chi connectivity index (χ4n) is 4.88. The first-order valence-electron chi connectivity index (χ1n) is 14.0. The minimum atomic E-state index is -0.441. The van der Waals surface area contributed by atoms with Crippen molar-refractivity contribution in [1.29, 1.82) is 0 Å². The molecule has 0 bridgehead atoms. The van der Waals surface area contributed by atoms with Gasteiger partial charge in [0.2, 0.25) is 5.91 Å². The van der Waals surface area contributed by atoms with Crippen LogP contribution in [0.1, 0.15) is 52.9 Å². The normalized spacial score (nSPS) is 23.3. The van der Waals surface area contributed by atoms with E-state index in [4.69, 9.17) is 4.99 Å². The summed E-state index contributed by atoms with van der Waals surface area (Å²) in [5, 5.41) is 5.90. The zero-order valence-electron chi connectivity index (χ0n) is 23.3. The molecule has 3 rings (SSSR count). The van der Waals surface area contributed by atoms with Gasteiger partial charge in [0.05, 0.1) is 13.0 Å². The summed E-state index contributed by atoms with van der Waals surface area (Å²) in [7, 11) is 1.35. The zero-order chi connectivity index (χ0) is 27.3. The number of hydrogen-bond acceptors (Lipinski definition) is 4. The Balaban J connectivity index is 1.65. The van der Waals surface area contributed by atoms with Crippen LogP contribution in [0, 0.1) is 23.7 Å². The molecule has 6 heteroatoms. The number of fused-ring (bicyclic) bond motifs is 1. The summed E-state index contributed by atoms with van der Waals surface area (Å²) in [6.45, 7) is 7.55. The highest BCUT2D eigenvalue weighted by Gasteiger charge is 2.33. The lowest BCUT2D eigenvalue weighted by molar-refractivity contribution is -0.124. The minimum absolute atomic E-state index is 0.0340. The number of allylic oxidation sites excluding steroid dienone is 10. The molecule has 0 aromatic rings. The summed E-state index contributed by atoms with van der Waals surface area (Å²) >= 11 is 0. The summed E-state index contributed by atoms with van der Waals surface area (Å²) in [6, 6.07) is 0. The van der Waals surface area contributed by atoms with E-state index in [-0.39, 0.29) is 29.6 Å². The molecule has 2 N–H and O–H groups in total. The number of amides is 2. The minimum Gasteiger partial charge on any atom is -0.453 e. The van der Waals surface area contributed by atoms with Gasteiger partial charge in [-0.25, -0.2) is 4.79 Å². The van der Waals surface area contributed by atoms with Crippen LogP contribution in [0.25, 0.3) is 0 Å². The summed E-state index contributed by atoms with van der Waals surface area (Å²) in [5.74, 6) is 0.234. The topological polar surface area (TPSA) is 79.8 Å². The molecule has 2 amide bonds. The van der Waals surface area contributed by atoms with Crippen molar-refractivity contribution in [3.8, 4) is 0 Å². The Hall–Kier alpha value is -3.41. The third kappa shape index (κ3) is 8.30. The molecule has 4 atom stereocenters. The lowest BCUT2D eigenvalue weighted by Gasteiger charge is -2.30. The summed E-state index contributed by atoms with van der Waals surface area (Å²) in [4.78, 5) is 29.8. The maximum absolute atomic E-state index is 13.5. The van der Waals surface area contributed by atoms with E-state index in [0.29, 0.717) is 13.1 Å². The number of aliphatic imine (C=N–C) groups is 1. The highest BCUT2D eigenvalue weighted by molar-refractivity contribution is 6.04. The van der Waals surface area contributed by atoms with E-state index in [1.807, 2.05) is 24.3 Å². The van der Waals surface area contributed by atoms with Gasteiger partial charge in [-0.2, -0.15) is 0 Å². The average Bonchev–Trinajstić information content (AvgIpc) is 2.96. The first kappa shape index (κ1) is 29.2. The Bertz CT molecular complexity index is 1090. The van der Waals surface area contributed by atoms with Gasteiger partial charge < -0.3 is 15.4 Å². The van der Waals surface area contributed by atoms with E-state index in [1.165, 1.54) is 12.7 Å². The molecular weight excluding hydrogens is 474 g/mol. The van der Waals surface area contributed by atoms with Gasteiger partial charge in [-0.1, -0.05) is 81.0 Å². The van der Waals surface area contributed by atoms with Gasteiger partial charge in [0.15, 0.2) is 0 Å². The maximum atomic E-state index is 13.5. The quantitative estimate of drug-likeness (QED) is 0.295. The molecule has 204 valence electrons. The fraction of sp³-hybridized carbons (Fsp3) is 0.469. The Labute approximate surface area is 228 Å². The van der Waals surface area contributed by atoms with Crippen molar-refractivity contribution in [3.05, 3.63) is 83.7 Å². The summed E-state index contributed by atoms with van der Waals surface area (Å²) in [5.41, 5.74) is 4.38. The second-order valence-electron chi connectivity index (χ2n) is 9.93. The number of nitrogens with one attached hydrogen (secondary N) is 2. The Morgan fingerprint density at radius 1 is 1.16 bits per heavy atom. The van der Waals surface area contributed by atoms with E-state index < -0.39 is 6.09 Å². The number of ether oxygens (including phenoxy) is 1. The van der Waals surface area contributed by atoms with Crippen LogP contribution in [-0.4, -0.2) is 37.9 Å². The van der Waals surface area contributed by atoms with Gasteiger partial charge in [-0.05, 0) is 55.7 Å². The first-order valence-corrected chi connectivity index (χ1v) is 14.0. The molecule has 1 aliphatic heterocycles. The van der Waals surface area contributed by atoms with Crippen LogP contribution in [0.3, 0.4) is 0 Å². The molecule has 0 saturated heterocycles. The highest BCUT2D eigenvalue weighted by atomic mass is 16.5. The molecule has 6 nitrogen and oxygen atoms in total. The van der Waals surface area contributed by atoms with E-state index in [0.717, 1.165) is 49.1 Å². The molecule has 0 aromatic heterocycles. The number of carbonyl (C=O) groups is 2. The molecule has 3 aliphatic rings. The van der Waals surface area contributed by atoms with Crippen LogP contribution in [0.15, 0.2) is 88.7 Å². The summed E-state index contributed by atoms with van der Waals surface area (Å²) < 4.78 is 4.62. The van der Waals surface area contributed by atoms with Crippen molar-refractivity contribution in [1.82, 2.24) is 10.6 Å². The van der Waals surface area contributed by atoms with Crippen LogP contribution in [0.4, 0.5) is 4.79 Å². The summed E-state index contributed by atoms with van der Waals surface area (Å²) in [6.07, 6.45) is 27.5. The van der Waals surface area contributed by atoms with Gasteiger partial charge in [0, 0.05) is 36.3 Å². The molecule has 0 saturated carbocycles. The molecule has 38 heavy (non-hydrogen) atoms. The van der Waals surface area contributed by atoms with Crippen LogP contribution in [-0.2, 0) is 9.53 Å². The third-order valence-corrected chi connectivity index (χ3v) is 7.31. The van der Waals surface area contributed by atoms with E-state index in [9.17, 15) is 9.59 Å². The Morgan fingerprint density at radius 2 is 2.00 bits per heavy atom. The number of alkyl carbamates (subject to hydrolysis) is 1. The van der Waals surface area contributed by atoms with Crippen LogP contribution in [0.2, 0.25) is 0 Å². The lowest BCUT2D eigenvalue weighted by atomic mass is 9.80. The van der Waals surface area contributed by atoms with Crippen molar-refractivity contribution in [3.63, 3.8) is 0 Å². The Kier molecular flexibility index (Phi) is 11.6. The van der Waals surface area contributed by atoms with Gasteiger partial charge in [-0.3, -0.25) is 9.79 Å². The lowest BCUT2D eigenvalue weighted by Crippen LogP contribution is -2.40. The van der Waals surface area contributed by atoms with Crippen molar-refractivity contribution >= 4 is 17.7 Å². The largest absolute Gasteiger partial charge is 0.453 e. The van der Waals surface area contributed by atoms with Crippen molar-refractivity contribution in [2.45, 2.75) is 52.9 Å². The van der Waals surface area contributed by atoms with Crippen LogP contribution >= 0.6 is 0 Å². The monoisotopic (exact) mass is 517 g/mol. The molecular formula is C32H43N3O3. The number of rotatable bonds is 12. The van der Waals surface area contributed by atoms with Gasteiger partial charge in [0.1, 0.15) is 0 Å². The number of nitrogens with zero attached hydrogens (tertiary/aromatic N) is 1. The van der Waals surface area contributed by atoms with Crippen LogP contribution in [0.5, 0.6) is 0 Å². The van der Waals surface area contributed by atoms with E-state index in [1.54, 1.807) is 0 Å². The average molecular weight is 518 g/mol. The van der Waals surface area contributed by atoms with Gasteiger partial charge in [-0.15, -0.1) is 0 Å². The Morgan fingerprint density at radius 3 is 2.68 bits per heavy atom. The number of hydrogen-bond donors (Lipinski definition) is 2. The smallest absolute Gasteiger partial charge is 0.407 e. The van der Waals surface area contributed by atoms with E-state index >= 15 is 0 Å². The standard InChI is InChI=1S/C32H43N3O3/c1-5-8-11-23(6-2)18-19-26(7-3)30-20-28(27-12-9-10-13-29(27)35-30)31(36)33-21-24-14-16-25(17-15-24)22-34-32(37)38-4/h8-14,16-18,20,24,26-28H,5-7,15,19,21-22H2,1-4H3,(H,33,36)(H,34,37)/b11-8-,23-18+. The number of carbonyl (C=O) groups excluding carboxylic acids is 2. The number of methoxy groups -OCH3 is 1. The molecule has 0 radical (unpaired) electrons. The van der Waals surface area contributed by atoms with Gasteiger partial charge in [0.25, 0.3) is 0 Å². The zero-order valence-corrected chi connectivity index (χ0v) is 23.3. The molecule has 2 aliphatic carbocycles. The SMILES string of the molecule is CC/C=C\C(=C\CC(CC)C1=CC(C(=O)NCC2C=CC(CNC(=O)OC)=CC2)C2C=CC=CC2=N1)CC. The second-order valence-corrected chi connectivity index (χ2v) is 9.93. The third-order valence-electron chi connectivity index (χ3n) is 7.31. The van der Waals surface area contributed by atoms with Gasteiger partial charge >= 0.3 is 6.09 Å². The van der Waals surface area contributed by atoms with E-state index in [2.05, 4.69) is 78.7 Å². The van der Waals surface area contributed by atoms with Crippen molar-refractivity contribution in [2.24, 2.45) is 28.7 Å². The molecule has 4 unspecified atom stereocenters. The highest BCUT2D eigenvalue weighted by Crippen LogP contribution is 2.33. The van der Waals surface area contributed by atoms with Crippen molar-refractivity contribution < 1.29 is 14.3 Å². The first-order chi connectivity index (χ1) is 18.5. The van der Waals surface area contributed by atoms with Crippen molar-refractivity contribution in [2.75, 3.05) is 20.2 Å². The molecule has 1 heterocycles. The van der Waals surface area contributed by atoms with Crippen LogP contribution < -0.4 is 10.6 Å². The molecule has 0 fully saturated rings. The predicted molar refractivity (Wildman–Crippen MR) is 156 cm³/mol.